The number of alkyl halides is 2. The SMILES string of the molecule is CNC(C#CC1CC1)SC(N)Nc1cnc(C#CC2CCCN(C)C2)cc1C1=CC(C(F)F)N(C)C=C1OC. The Hall–Kier alpha value is -2.76. The monoisotopic (exact) mass is 556 g/mol. The number of allylic oxidation sites excluding steroid dienone is 1. The van der Waals surface area contributed by atoms with E-state index in [0.717, 1.165) is 38.8 Å². The number of nitrogens with one attached hydrogen (secondary N) is 2. The molecular formula is C29H38F2N6OS. The Kier molecular flexibility index (Phi) is 10.1. The summed E-state index contributed by atoms with van der Waals surface area (Å²) in [5, 5.41) is 6.34. The third kappa shape index (κ3) is 8.12. The molecule has 0 bridgehead atoms. The minimum absolute atomic E-state index is 0.150. The second kappa shape index (κ2) is 13.5. The molecule has 1 aromatic rings. The van der Waals surface area contributed by atoms with Gasteiger partial charge in [-0.2, -0.15) is 0 Å². The molecule has 210 valence electrons. The molecule has 0 spiro atoms. The lowest BCUT2D eigenvalue weighted by atomic mass is 9.96. The molecule has 3 heterocycles. The maximum Gasteiger partial charge on any atom is 0.262 e. The number of likely N-dealkylation sites (N-methyl/N-ethyl adjacent to an activating group) is 1. The number of nitrogens with two attached hydrogens (primary N) is 1. The van der Waals surface area contributed by atoms with E-state index in [9.17, 15) is 8.78 Å². The number of methoxy groups -OCH3 is 1. The van der Waals surface area contributed by atoms with Gasteiger partial charge in [0.15, 0.2) is 0 Å². The molecule has 0 aromatic carbocycles. The van der Waals surface area contributed by atoms with E-state index in [4.69, 9.17) is 10.5 Å². The Morgan fingerprint density at radius 1 is 1.21 bits per heavy atom. The maximum atomic E-state index is 13.9. The van der Waals surface area contributed by atoms with E-state index in [1.54, 1.807) is 19.4 Å². The highest BCUT2D eigenvalue weighted by Crippen LogP contribution is 2.36. The second-order valence-corrected chi connectivity index (χ2v) is 11.4. The van der Waals surface area contributed by atoms with Crippen LogP contribution in [-0.4, -0.2) is 79.5 Å². The Morgan fingerprint density at radius 2 is 2.00 bits per heavy atom. The smallest absolute Gasteiger partial charge is 0.262 e. The van der Waals surface area contributed by atoms with Gasteiger partial charge in [-0.15, -0.1) is 0 Å². The Bertz CT molecular complexity index is 1200. The molecule has 0 amide bonds. The third-order valence-electron chi connectivity index (χ3n) is 6.93. The number of halogens is 2. The lowest BCUT2D eigenvalue weighted by Gasteiger charge is -2.31. The molecule has 1 aromatic heterocycles. The molecule has 10 heteroatoms. The van der Waals surface area contributed by atoms with E-state index in [0.29, 0.717) is 34.2 Å². The molecular weight excluding hydrogens is 518 g/mol. The Morgan fingerprint density at radius 3 is 2.67 bits per heavy atom. The molecule has 4 rings (SSSR count). The molecule has 39 heavy (non-hydrogen) atoms. The van der Waals surface area contributed by atoms with Gasteiger partial charge in [0.05, 0.1) is 19.0 Å². The summed E-state index contributed by atoms with van der Waals surface area (Å²) in [7, 11) is 7.09. The fourth-order valence-electron chi connectivity index (χ4n) is 4.60. The van der Waals surface area contributed by atoms with Crippen LogP contribution in [-0.2, 0) is 4.74 Å². The highest BCUT2D eigenvalue weighted by atomic mass is 32.2. The van der Waals surface area contributed by atoms with Crippen molar-refractivity contribution in [3.63, 3.8) is 0 Å². The van der Waals surface area contributed by atoms with E-state index in [1.807, 2.05) is 13.1 Å². The zero-order chi connectivity index (χ0) is 27.9. The van der Waals surface area contributed by atoms with Crippen molar-refractivity contribution in [3.8, 4) is 23.7 Å². The predicted molar refractivity (Wildman–Crippen MR) is 154 cm³/mol. The summed E-state index contributed by atoms with van der Waals surface area (Å²) >= 11 is 1.44. The van der Waals surface area contributed by atoms with Crippen LogP contribution in [0.5, 0.6) is 0 Å². The third-order valence-corrected chi connectivity index (χ3v) is 7.97. The van der Waals surface area contributed by atoms with Crippen LogP contribution in [0.25, 0.3) is 5.57 Å². The summed E-state index contributed by atoms with van der Waals surface area (Å²) in [6.07, 6.45) is 6.70. The van der Waals surface area contributed by atoms with Crippen LogP contribution >= 0.6 is 11.8 Å². The lowest BCUT2D eigenvalue weighted by Crippen LogP contribution is -2.35. The van der Waals surface area contributed by atoms with E-state index < -0.39 is 18.0 Å². The van der Waals surface area contributed by atoms with Crippen LogP contribution in [0.2, 0.25) is 0 Å². The fourth-order valence-corrected chi connectivity index (χ4v) is 5.36. The summed E-state index contributed by atoms with van der Waals surface area (Å²) in [5.41, 5.74) is 8.31. The van der Waals surface area contributed by atoms with Crippen molar-refractivity contribution < 1.29 is 13.5 Å². The number of aromatic nitrogens is 1. The topological polar surface area (TPSA) is 78.7 Å². The first-order chi connectivity index (χ1) is 18.8. The molecule has 3 aliphatic rings. The summed E-state index contributed by atoms with van der Waals surface area (Å²) < 4.78 is 33.4. The minimum Gasteiger partial charge on any atom is -0.495 e. The molecule has 4 atom stereocenters. The summed E-state index contributed by atoms with van der Waals surface area (Å²) in [4.78, 5) is 8.31. The van der Waals surface area contributed by atoms with Gasteiger partial charge < -0.3 is 25.6 Å². The van der Waals surface area contributed by atoms with E-state index in [2.05, 4.69) is 51.2 Å². The number of pyridine rings is 1. The second-order valence-electron chi connectivity index (χ2n) is 10.2. The summed E-state index contributed by atoms with van der Waals surface area (Å²) in [5.74, 6) is 14.3. The molecule has 4 unspecified atom stereocenters. The molecule has 7 nitrogen and oxygen atoms in total. The molecule has 2 aliphatic heterocycles. The van der Waals surface area contributed by atoms with Gasteiger partial charge in [-0.05, 0) is 64.4 Å². The van der Waals surface area contributed by atoms with Crippen LogP contribution in [0.4, 0.5) is 14.5 Å². The van der Waals surface area contributed by atoms with Gasteiger partial charge in [-0.25, -0.2) is 13.8 Å². The lowest BCUT2D eigenvalue weighted by molar-refractivity contribution is 0.0780. The number of thioether (sulfide) groups is 1. The van der Waals surface area contributed by atoms with Crippen molar-refractivity contribution in [2.24, 2.45) is 17.6 Å². The highest BCUT2D eigenvalue weighted by Gasteiger charge is 2.29. The number of piperidine rings is 1. The predicted octanol–water partition coefficient (Wildman–Crippen LogP) is 3.57. The van der Waals surface area contributed by atoms with Crippen molar-refractivity contribution in [1.82, 2.24) is 20.1 Å². The van der Waals surface area contributed by atoms with Crippen LogP contribution in [0.3, 0.4) is 0 Å². The first-order valence-electron chi connectivity index (χ1n) is 13.3. The zero-order valence-corrected chi connectivity index (χ0v) is 23.8. The highest BCUT2D eigenvalue weighted by molar-refractivity contribution is 8.00. The average molecular weight is 557 g/mol. The largest absolute Gasteiger partial charge is 0.495 e. The van der Waals surface area contributed by atoms with Crippen LogP contribution in [0, 0.1) is 35.5 Å². The first kappa shape index (κ1) is 29.2. The number of hydrogen-bond acceptors (Lipinski definition) is 8. The van der Waals surface area contributed by atoms with Gasteiger partial charge in [-0.3, -0.25) is 5.32 Å². The van der Waals surface area contributed by atoms with Gasteiger partial charge in [-0.1, -0.05) is 29.5 Å². The van der Waals surface area contributed by atoms with Gasteiger partial charge >= 0.3 is 0 Å². The zero-order valence-electron chi connectivity index (χ0n) is 23.0. The van der Waals surface area contributed by atoms with Crippen molar-refractivity contribution in [3.05, 3.63) is 41.6 Å². The van der Waals surface area contributed by atoms with Crippen LogP contribution in [0.1, 0.15) is 36.9 Å². The number of rotatable bonds is 8. The van der Waals surface area contributed by atoms with Crippen molar-refractivity contribution in [2.45, 2.75) is 49.0 Å². The number of hydrogen-bond donors (Lipinski definition) is 3. The normalized spacial score (nSPS) is 23.0. The first-order valence-corrected chi connectivity index (χ1v) is 14.3. The van der Waals surface area contributed by atoms with Gasteiger partial charge in [0.25, 0.3) is 6.43 Å². The molecule has 1 aliphatic carbocycles. The van der Waals surface area contributed by atoms with Crippen molar-refractivity contribution in [2.75, 3.05) is 46.7 Å². The van der Waals surface area contributed by atoms with Crippen LogP contribution in [0.15, 0.2) is 30.3 Å². The summed E-state index contributed by atoms with van der Waals surface area (Å²) in [6, 6.07) is 0.732. The van der Waals surface area contributed by atoms with E-state index >= 15 is 0 Å². The number of anilines is 1. The molecule has 2 fully saturated rings. The number of ether oxygens (including phenoxy) is 1. The standard InChI is InChI=1S/C29H38F2N6OS/c1-33-27(12-10-19-7-8-19)39-29(32)35-24-16-34-21(11-9-20-6-5-13-36(2)17-20)14-22(24)23-15-25(28(30)31)37(3)18-26(23)38-4/h14-16,18-20,25,27-29,33,35H,5-8,13,17,32H2,1-4H3. The fraction of sp³-hybridized carbons (Fsp3) is 0.552. The van der Waals surface area contributed by atoms with Crippen molar-refractivity contribution in [1.29, 1.82) is 0 Å². The molecule has 0 radical (unpaired) electrons. The Labute approximate surface area is 235 Å². The summed E-state index contributed by atoms with van der Waals surface area (Å²) in [6.45, 7) is 2.01. The quantitative estimate of drug-likeness (QED) is 0.332. The van der Waals surface area contributed by atoms with Gasteiger partial charge in [0.1, 0.15) is 28.4 Å². The molecule has 1 saturated carbocycles. The van der Waals surface area contributed by atoms with Gasteiger partial charge in [0, 0.05) is 42.8 Å². The average Bonchev–Trinajstić information content (AvgIpc) is 3.75. The molecule has 4 N–H and O–H groups in total. The number of nitrogens with zero attached hydrogens (tertiary/aromatic N) is 3. The van der Waals surface area contributed by atoms with E-state index in [1.165, 1.54) is 29.8 Å². The van der Waals surface area contributed by atoms with E-state index in [-0.39, 0.29) is 11.3 Å². The maximum absolute atomic E-state index is 13.9. The Balaban J connectivity index is 1.64. The minimum atomic E-state index is -2.57. The molecule has 1 saturated heterocycles. The van der Waals surface area contributed by atoms with Crippen LogP contribution < -0.4 is 16.4 Å². The number of likely N-dealkylation sites (tertiary alicyclic amines) is 1. The van der Waals surface area contributed by atoms with Crippen molar-refractivity contribution >= 4 is 23.0 Å². The van der Waals surface area contributed by atoms with Gasteiger partial charge in [0.2, 0.25) is 0 Å².